The third-order valence-electron chi connectivity index (χ3n) is 2.98. The van der Waals surface area contributed by atoms with Crippen LogP contribution in [0, 0.1) is 0 Å². The van der Waals surface area contributed by atoms with E-state index in [0.29, 0.717) is 19.5 Å². The van der Waals surface area contributed by atoms with Crippen LogP contribution in [0.4, 0.5) is 5.82 Å². The number of hydrogen-bond donors (Lipinski definition) is 2. The first-order valence-electron chi connectivity index (χ1n) is 6.61. The molecule has 0 aliphatic carbocycles. The van der Waals surface area contributed by atoms with Crippen molar-refractivity contribution in [3.63, 3.8) is 0 Å². The second kappa shape index (κ2) is 6.73. The van der Waals surface area contributed by atoms with Crippen molar-refractivity contribution < 1.29 is 13.2 Å². The lowest BCUT2D eigenvalue weighted by molar-refractivity contribution is 0.415. The second-order valence-electron chi connectivity index (χ2n) is 4.69. The Labute approximate surface area is 124 Å². The molecule has 1 heterocycles. The molecule has 0 aliphatic rings. The average Bonchev–Trinajstić information content (AvgIpc) is 2.45. The highest BCUT2D eigenvalue weighted by atomic mass is 32.2. The SMILES string of the molecule is COc1ccc2ccnc(NCCCNS(C)(=O)=O)c2c1. The summed E-state index contributed by atoms with van der Waals surface area (Å²) in [6, 6.07) is 7.75. The van der Waals surface area contributed by atoms with Gasteiger partial charge in [-0.25, -0.2) is 18.1 Å². The predicted molar refractivity (Wildman–Crippen MR) is 84.2 cm³/mol. The Morgan fingerprint density at radius 3 is 2.76 bits per heavy atom. The molecular formula is C14H19N3O3S. The normalized spacial score (nSPS) is 11.5. The van der Waals surface area contributed by atoms with E-state index >= 15 is 0 Å². The topological polar surface area (TPSA) is 80.3 Å². The van der Waals surface area contributed by atoms with Crippen molar-refractivity contribution in [1.82, 2.24) is 9.71 Å². The van der Waals surface area contributed by atoms with E-state index in [4.69, 9.17) is 4.74 Å². The number of hydrogen-bond acceptors (Lipinski definition) is 5. The van der Waals surface area contributed by atoms with E-state index in [1.165, 1.54) is 0 Å². The Balaban J connectivity index is 2.01. The highest BCUT2D eigenvalue weighted by Gasteiger charge is 2.04. The number of nitrogens with zero attached hydrogens (tertiary/aromatic N) is 1. The fourth-order valence-electron chi connectivity index (χ4n) is 1.97. The lowest BCUT2D eigenvalue weighted by Gasteiger charge is -2.10. The van der Waals surface area contributed by atoms with Gasteiger partial charge in [-0.2, -0.15) is 0 Å². The molecule has 0 fully saturated rings. The number of rotatable bonds is 7. The van der Waals surface area contributed by atoms with Crippen molar-refractivity contribution in [2.45, 2.75) is 6.42 Å². The number of methoxy groups -OCH3 is 1. The number of fused-ring (bicyclic) bond motifs is 1. The molecule has 7 heteroatoms. The summed E-state index contributed by atoms with van der Waals surface area (Å²) in [5.74, 6) is 1.54. The van der Waals surface area contributed by atoms with Gasteiger partial charge in [0.2, 0.25) is 10.0 Å². The molecule has 0 amide bonds. The van der Waals surface area contributed by atoms with Crippen molar-refractivity contribution in [3.05, 3.63) is 30.5 Å². The van der Waals surface area contributed by atoms with Gasteiger partial charge in [0, 0.05) is 24.7 Å². The number of aromatic nitrogens is 1. The molecule has 0 spiro atoms. The zero-order chi connectivity index (χ0) is 15.3. The summed E-state index contributed by atoms with van der Waals surface area (Å²) in [5, 5.41) is 5.28. The zero-order valence-corrected chi connectivity index (χ0v) is 12.9. The third-order valence-corrected chi connectivity index (χ3v) is 3.71. The predicted octanol–water partition coefficient (Wildman–Crippen LogP) is 1.59. The molecule has 0 saturated carbocycles. The highest BCUT2D eigenvalue weighted by molar-refractivity contribution is 7.88. The molecule has 6 nitrogen and oxygen atoms in total. The Hall–Kier alpha value is -1.86. The Morgan fingerprint density at radius 2 is 2.05 bits per heavy atom. The molecule has 0 aliphatic heterocycles. The van der Waals surface area contributed by atoms with Gasteiger partial charge in [0.15, 0.2) is 0 Å². The minimum absolute atomic E-state index is 0.403. The fraction of sp³-hybridized carbons (Fsp3) is 0.357. The van der Waals surface area contributed by atoms with E-state index in [1.807, 2.05) is 24.3 Å². The number of benzene rings is 1. The second-order valence-corrected chi connectivity index (χ2v) is 6.53. The standard InChI is InChI=1S/C14H19N3O3S/c1-20-12-5-4-11-6-9-16-14(13(11)10-12)15-7-3-8-17-21(2,18)19/h4-6,9-10,17H,3,7-8H2,1-2H3,(H,15,16). The summed E-state index contributed by atoms with van der Waals surface area (Å²) in [6.45, 7) is 1.03. The number of sulfonamides is 1. The average molecular weight is 309 g/mol. The third kappa shape index (κ3) is 4.57. The maximum Gasteiger partial charge on any atom is 0.208 e. The number of pyridine rings is 1. The monoisotopic (exact) mass is 309 g/mol. The summed E-state index contributed by atoms with van der Waals surface area (Å²) in [4.78, 5) is 4.32. The van der Waals surface area contributed by atoms with E-state index in [9.17, 15) is 8.42 Å². The van der Waals surface area contributed by atoms with E-state index in [2.05, 4.69) is 15.0 Å². The molecular weight excluding hydrogens is 290 g/mol. The smallest absolute Gasteiger partial charge is 0.208 e. The van der Waals surface area contributed by atoms with Gasteiger partial charge in [0.25, 0.3) is 0 Å². The van der Waals surface area contributed by atoms with Crippen LogP contribution >= 0.6 is 0 Å². The molecule has 2 rings (SSSR count). The van der Waals surface area contributed by atoms with Crippen LogP contribution < -0.4 is 14.8 Å². The van der Waals surface area contributed by atoms with Crippen molar-refractivity contribution in [1.29, 1.82) is 0 Å². The van der Waals surface area contributed by atoms with Crippen LogP contribution in [0.25, 0.3) is 10.8 Å². The minimum atomic E-state index is -3.12. The molecule has 0 bridgehead atoms. The summed E-state index contributed by atoms with van der Waals surface area (Å²) in [7, 11) is -1.50. The van der Waals surface area contributed by atoms with Gasteiger partial charge in [-0.05, 0) is 30.0 Å². The first-order valence-corrected chi connectivity index (χ1v) is 8.50. The first kappa shape index (κ1) is 15.5. The van der Waals surface area contributed by atoms with E-state index in [0.717, 1.165) is 28.6 Å². The van der Waals surface area contributed by atoms with Crippen molar-refractivity contribution in [2.24, 2.45) is 0 Å². The van der Waals surface area contributed by atoms with Gasteiger partial charge in [-0.15, -0.1) is 0 Å². The number of nitrogens with one attached hydrogen (secondary N) is 2. The Morgan fingerprint density at radius 1 is 1.24 bits per heavy atom. The van der Waals surface area contributed by atoms with Gasteiger partial charge in [-0.3, -0.25) is 0 Å². The maximum atomic E-state index is 11.0. The number of ether oxygens (including phenoxy) is 1. The lowest BCUT2D eigenvalue weighted by Crippen LogP contribution is -2.24. The van der Waals surface area contributed by atoms with Crippen LogP contribution in [-0.4, -0.2) is 39.9 Å². The maximum absolute atomic E-state index is 11.0. The van der Waals surface area contributed by atoms with Crippen LogP contribution in [-0.2, 0) is 10.0 Å². The minimum Gasteiger partial charge on any atom is -0.497 e. The summed E-state index contributed by atoms with van der Waals surface area (Å²) in [6.07, 6.45) is 3.57. The van der Waals surface area contributed by atoms with Crippen LogP contribution in [0.2, 0.25) is 0 Å². The lowest BCUT2D eigenvalue weighted by atomic mass is 10.1. The van der Waals surface area contributed by atoms with Gasteiger partial charge in [0.05, 0.1) is 13.4 Å². The van der Waals surface area contributed by atoms with Gasteiger partial charge in [0.1, 0.15) is 11.6 Å². The summed E-state index contributed by atoms with van der Waals surface area (Å²) >= 11 is 0. The Kier molecular flexibility index (Phi) is 4.98. The van der Waals surface area contributed by atoms with Crippen molar-refractivity contribution in [2.75, 3.05) is 31.8 Å². The van der Waals surface area contributed by atoms with E-state index in [1.54, 1.807) is 13.3 Å². The molecule has 0 unspecified atom stereocenters. The molecule has 2 aromatic rings. The largest absolute Gasteiger partial charge is 0.497 e. The molecule has 0 saturated heterocycles. The molecule has 0 radical (unpaired) electrons. The van der Waals surface area contributed by atoms with E-state index < -0.39 is 10.0 Å². The summed E-state index contributed by atoms with van der Waals surface area (Å²) in [5.41, 5.74) is 0. The first-order chi connectivity index (χ1) is 9.99. The molecule has 1 aromatic heterocycles. The quantitative estimate of drug-likeness (QED) is 0.759. The number of anilines is 1. The molecule has 0 atom stereocenters. The molecule has 2 N–H and O–H groups in total. The van der Waals surface area contributed by atoms with Gasteiger partial charge in [-0.1, -0.05) is 6.07 Å². The highest BCUT2D eigenvalue weighted by Crippen LogP contribution is 2.25. The van der Waals surface area contributed by atoms with Gasteiger partial charge >= 0.3 is 0 Å². The van der Waals surface area contributed by atoms with Crippen LogP contribution in [0.3, 0.4) is 0 Å². The van der Waals surface area contributed by atoms with Crippen molar-refractivity contribution in [3.8, 4) is 5.75 Å². The van der Waals surface area contributed by atoms with E-state index in [-0.39, 0.29) is 0 Å². The Bertz CT molecular complexity index is 716. The van der Waals surface area contributed by atoms with Crippen LogP contribution in [0.1, 0.15) is 6.42 Å². The van der Waals surface area contributed by atoms with Gasteiger partial charge < -0.3 is 10.1 Å². The fourth-order valence-corrected chi connectivity index (χ4v) is 2.48. The van der Waals surface area contributed by atoms with Crippen LogP contribution in [0.15, 0.2) is 30.5 Å². The van der Waals surface area contributed by atoms with Crippen molar-refractivity contribution >= 4 is 26.6 Å². The van der Waals surface area contributed by atoms with Crippen LogP contribution in [0.5, 0.6) is 5.75 Å². The molecule has 21 heavy (non-hydrogen) atoms. The molecule has 1 aromatic carbocycles. The zero-order valence-electron chi connectivity index (χ0n) is 12.1. The molecule has 114 valence electrons. The summed E-state index contributed by atoms with van der Waals surface area (Å²) < 4.78 is 29.6.